The molecule has 0 saturated heterocycles. The van der Waals surface area contributed by atoms with Crippen molar-refractivity contribution in [2.75, 3.05) is 0 Å². The normalized spacial score (nSPS) is 11.1. The summed E-state index contributed by atoms with van der Waals surface area (Å²) in [4.78, 5) is 13.9. The number of pyridine rings is 2. The Morgan fingerprint density at radius 2 is 1.44 bits per heavy atom. The summed E-state index contributed by atoms with van der Waals surface area (Å²) in [5.41, 5.74) is 11.8. The van der Waals surface area contributed by atoms with E-state index in [4.69, 9.17) is 9.40 Å². The Labute approximate surface area is 307 Å². The van der Waals surface area contributed by atoms with Gasteiger partial charge in [-0.3, -0.25) is 9.97 Å². The summed E-state index contributed by atoms with van der Waals surface area (Å²) in [6.07, 6.45) is 7.60. The molecule has 0 fully saturated rings. The number of nitrogens with zero attached hydrogens (tertiary/aromatic N) is 4. The van der Waals surface area contributed by atoms with Gasteiger partial charge in [0, 0.05) is 62.1 Å². The second-order valence-corrected chi connectivity index (χ2v) is 12.8. The molecule has 0 aliphatic carbocycles. The van der Waals surface area contributed by atoms with E-state index in [2.05, 4.69) is 109 Å². The standard InChI is InChI=1S/C33H30N3O.C11H8N.Ir/c1-21(2)25-11-9-12-26(22(3)4)32(25)36-30-14-6-5-13-29(30)35-33(36)28-20-37-31-16-15-23(19-27(28)31)18-24-10-7-8-17-34-24;1-2-6-10(7-3-1)11-8-4-5-9-12-11;/h5-17,19,21-22H,18H2,1-4H3;1-6,8-9H;/q2*-1;. The van der Waals surface area contributed by atoms with E-state index in [0.717, 1.165) is 56.8 Å². The molecule has 0 atom stereocenters. The average Bonchev–Trinajstić information content (AvgIpc) is 3.74. The molecule has 0 bridgehead atoms. The van der Waals surface area contributed by atoms with E-state index in [9.17, 15) is 0 Å². The predicted molar refractivity (Wildman–Crippen MR) is 199 cm³/mol. The zero-order chi connectivity index (χ0) is 33.7. The predicted octanol–water partition coefficient (Wildman–Crippen LogP) is 11.0. The van der Waals surface area contributed by atoms with E-state index >= 15 is 0 Å². The van der Waals surface area contributed by atoms with Gasteiger partial charge in [0.15, 0.2) is 0 Å². The number of furan rings is 1. The van der Waals surface area contributed by atoms with Crippen LogP contribution in [0.1, 0.15) is 61.9 Å². The molecule has 251 valence electrons. The van der Waals surface area contributed by atoms with Crippen molar-refractivity contribution in [3.05, 3.63) is 168 Å². The number of rotatable bonds is 7. The Bertz CT molecular complexity index is 2250. The second kappa shape index (κ2) is 15.6. The van der Waals surface area contributed by atoms with Gasteiger partial charge in [-0.1, -0.05) is 111 Å². The molecule has 0 spiro atoms. The number of benzene rings is 4. The van der Waals surface area contributed by atoms with Gasteiger partial charge in [-0.2, -0.15) is 0 Å². The van der Waals surface area contributed by atoms with Gasteiger partial charge in [0.05, 0.1) is 16.9 Å². The largest absolute Gasteiger partial charge is 0.557 e. The molecule has 1 radical (unpaired) electrons. The van der Waals surface area contributed by atoms with Crippen LogP contribution >= 0.6 is 0 Å². The smallest absolute Gasteiger partial charge is 0.0774 e. The molecule has 4 aromatic carbocycles. The van der Waals surface area contributed by atoms with Crippen molar-refractivity contribution in [2.45, 2.75) is 46.0 Å². The molecule has 0 saturated carbocycles. The molecule has 4 aromatic heterocycles. The molecule has 8 rings (SSSR count). The van der Waals surface area contributed by atoms with Gasteiger partial charge in [0.25, 0.3) is 0 Å². The van der Waals surface area contributed by atoms with Crippen molar-refractivity contribution in [1.29, 1.82) is 0 Å². The van der Waals surface area contributed by atoms with Crippen LogP contribution in [-0.4, -0.2) is 19.5 Å². The molecule has 0 aliphatic rings. The third kappa shape index (κ3) is 7.23. The van der Waals surface area contributed by atoms with Gasteiger partial charge in [-0.25, -0.2) is 0 Å². The van der Waals surface area contributed by atoms with Crippen LogP contribution in [0.15, 0.2) is 138 Å². The first-order valence-corrected chi connectivity index (χ1v) is 16.8. The number of hydrogen-bond acceptors (Lipinski definition) is 4. The van der Waals surface area contributed by atoms with E-state index in [1.54, 1.807) is 6.20 Å². The summed E-state index contributed by atoms with van der Waals surface area (Å²) in [7, 11) is 0. The zero-order valence-electron chi connectivity index (χ0n) is 28.6. The molecule has 0 aliphatic heterocycles. The Morgan fingerprint density at radius 3 is 2.12 bits per heavy atom. The molecular formula is C44H38IrN4O-2. The molecule has 50 heavy (non-hydrogen) atoms. The van der Waals surface area contributed by atoms with Gasteiger partial charge >= 0.3 is 0 Å². The minimum absolute atomic E-state index is 0. The van der Waals surface area contributed by atoms with Crippen LogP contribution in [0, 0.1) is 12.3 Å². The summed E-state index contributed by atoms with van der Waals surface area (Å²) in [5.74, 6) is 1.57. The maximum Gasteiger partial charge on any atom is 0.0774 e. The van der Waals surface area contributed by atoms with Crippen LogP contribution in [0.25, 0.3) is 50.3 Å². The fraction of sp³-hybridized carbons (Fsp3) is 0.159. The fourth-order valence-electron chi connectivity index (χ4n) is 6.28. The van der Waals surface area contributed by atoms with Crippen molar-refractivity contribution in [1.82, 2.24) is 19.5 Å². The Kier molecular flexibility index (Phi) is 10.8. The van der Waals surface area contributed by atoms with Crippen LogP contribution in [0.2, 0.25) is 0 Å². The van der Waals surface area contributed by atoms with Gasteiger partial charge in [0.2, 0.25) is 0 Å². The van der Waals surface area contributed by atoms with Gasteiger partial charge in [0.1, 0.15) is 0 Å². The van der Waals surface area contributed by atoms with Crippen molar-refractivity contribution in [3.63, 3.8) is 0 Å². The quantitative estimate of drug-likeness (QED) is 0.150. The first kappa shape index (κ1) is 34.7. The summed E-state index contributed by atoms with van der Waals surface area (Å²) >= 11 is 0. The summed E-state index contributed by atoms with van der Waals surface area (Å²) < 4.78 is 8.28. The van der Waals surface area contributed by atoms with E-state index in [1.807, 2.05) is 72.9 Å². The number of aromatic nitrogens is 4. The maximum atomic E-state index is 5.96. The van der Waals surface area contributed by atoms with Crippen LogP contribution < -0.4 is 0 Å². The number of imidazole rings is 1. The number of fused-ring (bicyclic) bond motifs is 2. The van der Waals surface area contributed by atoms with Gasteiger partial charge < -0.3 is 14.0 Å². The molecule has 4 heterocycles. The Morgan fingerprint density at radius 1 is 0.720 bits per heavy atom. The van der Waals surface area contributed by atoms with Gasteiger partial charge in [-0.05, 0) is 59.0 Å². The third-order valence-electron chi connectivity index (χ3n) is 8.69. The molecule has 0 N–H and O–H groups in total. The van der Waals surface area contributed by atoms with Crippen molar-refractivity contribution >= 4 is 22.0 Å². The van der Waals surface area contributed by atoms with E-state index in [1.165, 1.54) is 22.4 Å². The number of hydrogen-bond donors (Lipinski definition) is 0. The zero-order valence-corrected chi connectivity index (χ0v) is 31.0. The molecular weight excluding hydrogens is 793 g/mol. The fourth-order valence-corrected chi connectivity index (χ4v) is 6.28. The van der Waals surface area contributed by atoms with Crippen molar-refractivity contribution in [2.24, 2.45) is 0 Å². The summed E-state index contributed by atoms with van der Waals surface area (Å²) in [6, 6.07) is 44.2. The third-order valence-corrected chi connectivity index (χ3v) is 8.69. The van der Waals surface area contributed by atoms with Crippen molar-refractivity contribution < 1.29 is 24.5 Å². The summed E-state index contributed by atoms with van der Waals surface area (Å²) in [6.45, 7) is 9.02. The van der Waals surface area contributed by atoms with Crippen LogP contribution in [0.4, 0.5) is 0 Å². The summed E-state index contributed by atoms with van der Waals surface area (Å²) in [5, 5.41) is 1.01. The first-order valence-electron chi connectivity index (χ1n) is 16.8. The molecule has 6 heteroatoms. The SMILES string of the molecule is CC(C)c1cccc(C(C)C)c1-n1c(-c2[c-]oc3ccc(Cc4ccccn4)cc23)nc2ccccc21.[Ir].[c-]1ccccc1-c1ccccn1. The minimum Gasteiger partial charge on any atom is -0.557 e. The molecule has 5 nitrogen and oxygen atoms in total. The van der Waals surface area contributed by atoms with Gasteiger partial charge in [-0.15, -0.1) is 35.9 Å². The molecule has 0 amide bonds. The van der Waals surface area contributed by atoms with Crippen LogP contribution in [0.5, 0.6) is 0 Å². The first-order chi connectivity index (χ1) is 24.0. The molecule has 0 unspecified atom stereocenters. The molecule has 8 aromatic rings. The van der Waals surface area contributed by atoms with E-state index in [0.29, 0.717) is 11.8 Å². The topological polar surface area (TPSA) is 56.7 Å². The second-order valence-electron chi connectivity index (χ2n) is 12.8. The Hall–Kier alpha value is -5.16. The van der Waals surface area contributed by atoms with E-state index in [-0.39, 0.29) is 20.1 Å². The Balaban J connectivity index is 0.000000281. The number of para-hydroxylation sites is 3. The van der Waals surface area contributed by atoms with Crippen LogP contribution in [-0.2, 0) is 26.5 Å². The van der Waals surface area contributed by atoms with Crippen molar-refractivity contribution in [3.8, 4) is 28.3 Å². The monoisotopic (exact) mass is 831 g/mol. The van der Waals surface area contributed by atoms with Crippen LogP contribution in [0.3, 0.4) is 0 Å². The minimum atomic E-state index is 0. The van der Waals surface area contributed by atoms with E-state index < -0.39 is 0 Å². The average molecular weight is 831 g/mol. The maximum absolute atomic E-state index is 5.96.